The summed E-state index contributed by atoms with van der Waals surface area (Å²) in [4.78, 5) is 14.0. The number of aromatic hydroxyl groups is 1. The highest BCUT2D eigenvalue weighted by Crippen LogP contribution is 2.52. The van der Waals surface area contributed by atoms with Crippen molar-refractivity contribution in [3.8, 4) is 5.75 Å². The maximum absolute atomic E-state index is 10.3. The molecule has 0 saturated heterocycles. The lowest BCUT2D eigenvalue weighted by molar-refractivity contribution is 0.459. The summed E-state index contributed by atoms with van der Waals surface area (Å²) in [7, 11) is 0. The van der Waals surface area contributed by atoms with Crippen molar-refractivity contribution in [3.63, 3.8) is 0 Å². The van der Waals surface area contributed by atoms with Crippen LogP contribution in [0.3, 0.4) is 0 Å². The number of aliphatic imine (C=N–C) groups is 1. The zero-order chi connectivity index (χ0) is 11.1. The van der Waals surface area contributed by atoms with Crippen molar-refractivity contribution in [2.75, 3.05) is 0 Å². The van der Waals surface area contributed by atoms with Gasteiger partial charge >= 0.3 is 0 Å². The first-order valence-corrected chi connectivity index (χ1v) is 5.05. The third kappa shape index (κ3) is 1.65. The Morgan fingerprint density at radius 2 is 2.20 bits per heavy atom. The van der Waals surface area contributed by atoms with Gasteiger partial charge in [-0.3, -0.25) is 0 Å². The van der Waals surface area contributed by atoms with E-state index in [1.54, 1.807) is 18.2 Å². The fourth-order valence-electron chi connectivity index (χ4n) is 1.69. The van der Waals surface area contributed by atoms with Crippen molar-refractivity contribution in [1.82, 2.24) is 0 Å². The van der Waals surface area contributed by atoms with E-state index in [4.69, 9.17) is 11.6 Å². The maximum Gasteiger partial charge on any atom is 0.235 e. The SMILES string of the molecule is Cc1cc(O)c(C2(N=C=O)CC2)cc1Cl. The normalized spacial score (nSPS) is 16.9. The predicted molar refractivity (Wildman–Crippen MR) is 56.9 cm³/mol. The van der Waals surface area contributed by atoms with E-state index in [0.717, 1.165) is 18.4 Å². The number of benzene rings is 1. The monoisotopic (exact) mass is 223 g/mol. The maximum atomic E-state index is 10.3. The van der Waals surface area contributed by atoms with Gasteiger partial charge in [-0.15, -0.1) is 0 Å². The second kappa shape index (κ2) is 3.37. The standard InChI is InChI=1S/C11H10ClNO2/c1-7-4-10(15)8(5-9(7)12)11(2-3-11)13-6-14/h4-5,15H,2-3H2,1H3. The van der Waals surface area contributed by atoms with Crippen LogP contribution in [0.5, 0.6) is 5.75 Å². The van der Waals surface area contributed by atoms with E-state index in [2.05, 4.69) is 4.99 Å². The Morgan fingerprint density at radius 1 is 1.53 bits per heavy atom. The lowest BCUT2D eigenvalue weighted by Gasteiger charge is -2.12. The molecule has 0 aliphatic heterocycles. The number of nitrogens with zero attached hydrogens (tertiary/aromatic N) is 1. The minimum atomic E-state index is -0.566. The van der Waals surface area contributed by atoms with Gasteiger partial charge in [0, 0.05) is 10.6 Å². The van der Waals surface area contributed by atoms with Gasteiger partial charge in [-0.1, -0.05) is 11.6 Å². The largest absolute Gasteiger partial charge is 0.508 e. The first kappa shape index (κ1) is 10.2. The van der Waals surface area contributed by atoms with Crippen LogP contribution in [-0.2, 0) is 10.3 Å². The third-order valence-corrected chi connectivity index (χ3v) is 3.17. The fourth-order valence-corrected chi connectivity index (χ4v) is 1.85. The van der Waals surface area contributed by atoms with Crippen LogP contribution in [0, 0.1) is 6.92 Å². The van der Waals surface area contributed by atoms with Gasteiger partial charge in [-0.2, -0.15) is 4.99 Å². The average Bonchev–Trinajstić information content (AvgIpc) is 2.93. The third-order valence-electron chi connectivity index (χ3n) is 2.76. The van der Waals surface area contributed by atoms with E-state index in [1.807, 2.05) is 6.92 Å². The van der Waals surface area contributed by atoms with Crippen molar-refractivity contribution in [2.24, 2.45) is 4.99 Å². The molecular formula is C11H10ClNO2. The molecule has 0 spiro atoms. The lowest BCUT2D eigenvalue weighted by atomic mass is 10.0. The first-order chi connectivity index (χ1) is 7.09. The Balaban J connectivity index is 2.54. The first-order valence-electron chi connectivity index (χ1n) is 4.68. The van der Waals surface area contributed by atoms with Gasteiger partial charge in [0.1, 0.15) is 11.3 Å². The Bertz CT molecular complexity index is 460. The summed E-state index contributed by atoms with van der Waals surface area (Å²) >= 11 is 5.97. The molecular weight excluding hydrogens is 214 g/mol. The number of halogens is 1. The summed E-state index contributed by atoms with van der Waals surface area (Å²) in [6.07, 6.45) is 3.07. The number of rotatable bonds is 2. The van der Waals surface area contributed by atoms with E-state index < -0.39 is 5.54 Å². The lowest BCUT2D eigenvalue weighted by Crippen LogP contribution is -2.03. The van der Waals surface area contributed by atoms with Gasteiger partial charge in [-0.05, 0) is 37.5 Å². The second-order valence-corrected chi connectivity index (χ2v) is 4.26. The van der Waals surface area contributed by atoms with Crippen molar-refractivity contribution in [1.29, 1.82) is 0 Å². The number of isocyanates is 1. The molecule has 1 aliphatic rings. The van der Waals surface area contributed by atoms with Crippen LogP contribution in [-0.4, -0.2) is 11.2 Å². The van der Waals surface area contributed by atoms with Crippen molar-refractivity contribution >= 4 is 17.7 Å². The molecule has 78 valence electrons. The summed E-state index contributed by atoms with van der Waals surface area (Å²) in [5.41, 5.74) is 0.869. The Morgan fingerprint density at radius 3 is 2.73 bits per heavy atom. The van der Waals surface area contributed by atoms with Gasteiger partial charge in [0.2, 0.25) is 6.08 Å². The van der Waals surface area contributed by atoms with Gasteiger partial charge in [0.15, 0.2) is 0 Å². The van der Waals surface area contributed by atoms with Gasteiger partial charge in [0.25, 0.3) is 0 Å². The van der Waals surface area contributed by atoms with Crippen molar-refractivity contribution in [3.05, 3.63) is 28.3 Å². The van der Waals surface area contributed by atoms with Crippen LogP contribution in [0.1, 0.15) is 24.0 Å². The molecule has 1 fully saturated rings. The predicted octanol–water partition coefficient (Wildman–Crippen LogP) is 2.68. The molecule has 0 atom stereocenters. The molecule has 2 rings (SSSR count). The molecule has 0 radical (unpaired) electrons. The molecule has 1 N–H and O–H groups in total. The highest BCUT2D eigenvalue weighted by molar-refractivity contribution is 6.31. The van der Waals surface area contributed by atoms with Gasteiger partial charge < -0.3 is 5.11 Å². The van der Waals surface area contributed by atoms with Crippen LogP contribution in [0.2, 0.25) is 5.02 Å². The Kier molecular flexibility index (Phi) is 2.29. The van der Waals surface area contributed by atoms with Crippen LogP contribution in [0.25, 0.3) is 0 Å². The zero-order valence-electron chi connectivity index (χ0n) is 8.25. The second-order valence-electron chi connectivity index (χ2n) is 3.85. The van der Waals surface area contributed by atoms with E-state index in [0.29, 0.717) is 10.6 Å². The minimum Gasteiger partial charge on any atom is -0.508 e. The van der Waals surface area contributed by atoms with Gasteiger partial charge in [-0.25, -0.2) is 4.79 Å². The molecule has 1 aromatic rings. The molecule has 1 aromatic carbocycles. The molecule has 0 aromatic heterocycles. The Hall–Kier alpha value is -1.31. The molecule has 15 heavy (non-hydrogen) atoms. The summed E-state index contributed by atoms with van der Waals surface area (Å²) < 4.78 is 0. The molecule has 0 amide bonds. The van der Waals surface area contributed by atoms with Crippen LogP contribution < -0.4 is 0 Å². The van der Waals surface area contributed by atoms with E-state index in [-0.39, 0.29) is 5.75 Å². The zero-order valence-corrected chi connectivity index (χ0v) is 9.01. The van der Waals surface area contributed by atoms with Crippen LogP contribution in [0.4, 0.5) is 0 Å². The van der Waals surface area contributed by atoms with E-state index >= 15 is 0 Å². The number of hydrogen-bond acceptors (Lipinski definition) is 3. The Labute approximate surface area is 92.4 Å². The minimum absolute atomic E-state index is 0.147. The molecule has 4 heteroatoms. The number of phenols is 1. The molecule has 1 saturated carbocycles. The van der Waals surface area contributed by atoms with Crippen molar-refractivity contribution in [2.45, 2.75) is 25.3 Å². The van der Waals surface area contributed by atoms with E-state index in [1.165, 1.54) is 0 Å². The smallest absolute Gasteiger partial charge is 0.235 e. The molecule has 0 heterocycles. The van der Waals surface area contributed by atoms with Gasteiger partial charge in [0.05, 0.1) is 0 Å². The molecule has 3 nitrogen and oxygen atoms in total. The molecule has 0 unspecified atom stereocenters. The molecule has 1 aliphatic carbocycles. The fraction of sp³-hybridized carbons (Fsp3) is 0.364. The number of aryl methyl sites for hydroxylation is 1. The number of carbonyl (C=O) groups excluding carboxylic acids is 1. The highest BCUT2D eigenvalue weighted by atomic mass is 35.5. The van der Waals surface area contributed by atoms with Crippen LogP contribution >= 0.6 is 11.6 Å². The summed E-state index contributed by atoms with van der Waals surface area (Å²) in [5.74, 6) is 0.147. The summed E-state index contributed by atoms with van der Waals surface area (Å²) in [5, 5.41) is 10.3. The van der Waals surface area contributed by atoms with E-state index in [9.17, 15) is 9.90 Å². The summed E-state index contributed by atoms with van der Waals surface area (Å²) in [6, 6.07) is 3.28. The quantitative estimate of drug-likeness (QED) is 0.619. The average molecular weight is 224 g/mol. The van der Waals surface area contributed by atoms with Crippen molar-refractivity contribution < 1.29 is 9.90 Å². The summed E-state index contributed by atoms with van der Waals surface area (Å²) in [6.45, 7) is 1.81. The highest BCUT2D eigenvalue weighted by Gasteiger charge is 2.46. The topological polar surface area (TPSA) is 49.7 Å². The number of phenolic OH excluding ortho intramolecular Hbond substituents is 1. The molecule has 0 bridgehead atoms. The van der Waals surface area contributed by atoms with Crippen LogP contribution in [0.15, 0.2) is 17.1 Å². The number of hydrogen-bond donors (Lipinski definition) is 1.